The lowest BCUT2D eigenvalue weighted by molar-refractivity contribution is -0.113. The number of aliphatic hydroxyl groups excluding tert-OH is 1. The molecule has 2 nitrogen and oxygen atoms in total. The number of hydrogen-bond acceptors (Lipinski definition) is 2. The number of allylic oxidation sites excluding steroid dienone is 1. The smallest absolute Gasteiger partial charge is 0.155 e. The number of carbonyl (C=O) groups excluding carboxylic acids is 1. The van der Waals surface area contributed by atoms with Crippen molar-refractivity contribution in [2.24, 2.45) is 0 Å². The topological polar surface area (TPSA) is 37.3 Å². The minimum atomic E-state index is -0.455. The third-order valence-corrected chi connectivity index (χ3v) is 1.58. The zero-order valence-corrected chi connectivity index (χ0v) is 7.42. The van der Waals surface area contributed by atoms with E-state index in [2.05, 4.69) is 0 Å². The van der Waals surface area contributed by atoms with Crippen molar-refractivity contribution in [3.8, 4) is 0 Å². The molecule has 0 rings (SSSR count). The van der Waals surface area contributed by atoms with Gasteiger partial charge in [0.25, 0.3) is 0 Å². The predicted octanol–water partition coefficient (Wildman–Crippen LogP) is 1.68. The fraction of sp³-hybridized carbons (Fsp3) is 0.667. The highest BCUT2D eigenvalue weighted by Gasteiger charge is 2.01. The van der Waals surface area contributed by atoms with Gasteiger partial charge in [-0.1, -0.05) is 13.3 Å². The van der Waals surface area contributed by atoms with Crippen LogP contribution in [0.25, 0.3) is 0 Å². The van der Waals surface area contributed by atoms with E-state index in [9.17, 15) is 9.90 Å². The molecule has 11 heavy (non-hydrogen) atoms. The Bertz CT molecular complexity index is 159. The molecule has 0 radical (unpaired) electrons. The van der Waals surface area contributed by atoms with Crippen molar-refractivity contribution in [1.29, 1.82) is 0 Å². The lowest BCUT2D eigenvalue weighted by atomic mass is 10.1. The van der Waals surface area contributed by atoms with E-state index in [1.807, 2.05) is 6.92 Å². The Morgan fingerprint density at radius 3 is 2.45 bits per heavy atom. The van der Waals surface area contributed by atoms with Crippen LogP contribution in [0.15, 0.2) is 11.6 Å². The minimum Gasteiger partial charge on any atom is -0.389 e. The number of hydrogen-bond donors (Lipinski definition) is 1. The molecule has 0 aromatic rings. The monoisotopic (exact) mass is 156 g/mol. The zero-order valence-electron chi connectivity index (χ0n) is 7.42. The molecule has 1 atom stereocenters. The van der Waals surface area contributed by atoms with E-state index in [0.29, 0.717) is 5.57 Å². The second-order valence-electron chi connectivity index (χ2n) is 2.76. The van der Waals surface area contributed by atoms with Crippen LogP contribution in [0, 0.1) is 0 Å². The SMILES string of the molecule is CCCC(O)/C=C(\C)C(C)=O. The number of carbonyl (C=O) groups is 1. The third kappa shape index (κ3) is 4.73. The Labute approximate surface area is 67.9 Å². The molecule has 0 spiro atoms. The first-order valence-corrected chi connectivity index (χ1v) is 3.95. The van der Waals surface area contributed by atoms with E-state index in [0.717, 1.165) is 12.8 Å². The van der Waals surface area contributed by atoms with Crippen molar-refractivity contribution in [1.82, 2.24) is 0 Å². The van der Waals surface area contributed by atoms with E-state index >= 15 is 0 Å². The molecule has 2 heteroatoms. The molecule has 0 saturated carbocycles. The van der Waals surface area contributed by atoms with E-state index in [4.69, 9.17) is 0 Å². The molecule has 0 bridgehead atoms. The standard InChI is InChI=1S/C9H16O2/c1-4-5-9(11)6-7(2)8(3)10/h6,9,11H,4-5H2,1-3H3/b7-6+. The van der Waals surface area contributed by atoms with Crippen LogP contribution in [-0.2, 0) is 4.79 Å². The van der Waals surface area contributed by atoms with Gasteiger partial charge >= 0.3 is 0 Å². The summed E-state index contributed by atoms with van der Waals surface area (Å²) in [5.41, 5.74) is 0.644. The van der Waals surface area contributed by atoms with Crippen LogP contribution >= 0.6 is 0 Å². The summed E-state index contributed by atoms with van der Waals surface area (Å²) < 4.78 is 0. The van der Waals surface area contributed by atoms with Crippen LogP contribution < -0.4 is 0 Å². The normalized spacial score (nSPS) is 14.7. The maximum Gasteiger partial charge on any atom is 0.155 e. The van der Waals surface area contributed by atoms with E-state index in [1.165, 1.54) is 6.92 Å². The molecule has 0 heterocycles. The van der Waals surface area contributed by atoms with Crippen LogP contribution in [0.5, 0.6) is 0 Å². The molecule has 0 aromatic carbocycles. The first-order chi connectivity index (χ1) is 5.07. The summed E-state index contributed by atoms with van der Waals surface area (Å²) >= 11 is 0. The van der Waals surface area contributed by atoms with Crippen LogP contribution in [0.3, 0.4) is 0 Å². The van der Waals surface area contributed by atoms with E-state index in [1.54, 1.807) is 13.0 Å². The molecule has 0 fully saturated rings. The van der Waals surface area contributed by atoms with Crippen molar-refractivity contribution in [3.05, 3.63) is 11.6 Å². The lowest BCUT2D eigenvalue weighted by Gasteiger charge is -2.03. The summed E-state index contributed by atoms with van der Waals surface area (Å²) in [6, 6.07) is 0. The van der Waals surface area contributed by atoms with Gasteiger partial charge in [-0.25, -0.2) is 0 Å². The molecule has 0 aliphatic heterocycles. The summed E-state index contributed by atoms with van der Waals surface area (Å²) in [7, 11) is 0. The molecule has 0 aliphatic carbocycles. The molecule has 64 valence electrons. The summed E-state index contributed by atoms with van der Waals surface area (Å²) in [5.74, 6) is 0.0279. The Morgan fingerprint density at radius 2 is 2.09 bits per heavy atom. The third-order valence-electron chi connectivity index (χ3n) is 1.58. The van der Waals surface area contributed by atoms with Crippen molar-refractivity contribution < 1.29 is 9.90 Å². The lowest BCUT2D eigenvalue weighted by Crippen LogP contribution is -2.04. The number of ketones is 1. The van der Waals surface area contributed by atoms with E-state index < -0.39 is 6.10 Å². The summed E-state index contributed by atoms with van der Waals surface area (Å²) in [4.78, 5) is 10.7. The van der Waals surface area contributed by atoms with Gasteiger partial charge in [0, 0.05) is 0 Å². The Hall–Kier alpha value is -0.630. The molecule has 0 aliphatic rings. The predicted molar refractivity (Wildman–Crippen MR) is 45.4 cm³/mol. The number of Topliss-reactive ketones (excluding diaryl/α,β-unsaturated/α-hetero) is 1. The summed E-state index contributed by atoms with van der Waals surface area (Å²) in [5, 5.41) is 9.24. The van der Waals surface area contributed by atoms with Crippen molar-refractivity contribution in [3.63, 3.8) is 0 Å². The highest BCUT2D eigenvalue weighted by molar-refractivity contribution is 5.92. The van der Waals surface area contributed by atoms with Crippen molar-refractivity contribution >= 4 is 5.78 Å². The largest absolute Gasteiger partial charge is 0.389 e. The first kappa shape index (κ1) is 10.4. The Balaban J connectivity index is 3.96. The maximum atomic E-state index is 10.7. The average molecular weight is 156 g/mol. The van der Waals surface area contributed by atoms with Crippen molar-refractivity contribution in [2.45, 2.75) is 39.7 Å². The molecular formula is C9H16O2. The van der Waals surface area contributed by atoms with Gasteiger partial charge in [-0.15, -0.1) is 0 Å². The minimum absolute atomic E-state index is 0.0279. The van der Waals surface area contributed by atoms with Gasteiger partial charge < -0.3 is 5.11 Å². The van der Waals surface area contributed by atoms with Gasteiger partial charge in [0.15, 0.2) is 5.78 Å². The van der Waals surface area contributed by atoms with Gasteiger partial charge in [-0.05, 0) is 31.9 Å². The van der Waals surface area contributed by atoms with Gasteiger partial charge in [-0.3, -0.25) is 4.79 Å². The number of aliphatic hydroxyl groups is 1. The van der Waals surface area contributed by atoms with Crippen LogP contribution in [0.2, 0.25) is 0 Å². The molecule has 0 amide bonds. The molecule has 0 aromatic heterocycles. The van der Waals surface area contributed by atoms with Crippen molar-refractivity contribution in [2.75, 3.05) is 0 Å². The molecular weight excluding hydrogens is 140 g/mol. The average Bonchev–Trinajstić information content (AvgIpc) is 1.87. The number of rotatable bonds is 4. The Morgan fingerprint density at radius 1 is 1.55 bits per heavy atom. The second kappa shape index (κ2) is 5.08. The zero-order chi connectivity index (χ0) is 8.85. The van der Waals surface area contributed by atoms with Gasteiger partial charge in [-0.2, -0.15) is 0 Å². The summed E-state index contributed by atoms with van der Waals surface area (Å²) in [6.07, 6.45) is 2.82. The second-order valence-corrected chi connectivity index (χ2v) is 2.76. The highest BCUT2D eigenvalue weighted by atomic mass is 16.3. The van der Waals surface area contributed by atoms with Crippen LogP contribution in [-0.4, -0.2) is 17.0 Å². The fourth-order valence-electron chi connectivity index (χ4n) is 0.785. The highest BCUT2D eigenvalue weighted by Crippen LogP contribution is 2.02. The Kier molecular flexibility index (Phi) is 4.79. The summed E-state index contributed by atoms with van der Waals surface area (Å²) in [6.45, 7) is 5.23. The van der Waals surface area contributed by atoms with Gasteiger partial charge in [0.05, 0.1) is 6.10 Å². The van der Waals surface area contributed by atoms with Gasteiger partial charge in [0.2, 0.25) is 0 Å². The molecule has 1 unspecified atom stereocenters. The maximum absolute atomic E-state index is 10.7. The fourth-order valence-corrected chi connectivity index (χ4v) is 0.785. The van der Waals surface area contributed by atoms with Crippen LogP contribution in [0.4, 0.5) is 0 Å². The van der Waals surface area contributed by atoms with Gasteiger partial charge in [0.1, 0.15) is 0 Å². The molecule has 1 N–H and O–H groups in total. The first-order valence-electron chi connectivity index (χ1n) is 3.95. The quantitative estimate of drug-likeness (QED) is 0.629. The van der Waals surface area contributed by atoms with Crippen LogP contribution in [0.1, 0.15) is 33.6 Å². The molecule has 0 saturated heterocycles. The van der Waals surface area contributed by atoms with E-state index in [-0.39, 0.29) is 5.78 Å².